The van der Waals surface area contributed by atoms with Gasteiger partial charge in [-0.25, -0.2) is 13.1 Å². The molecule has 1 aromatic rings. The number of hydrogen-bond acceptors (Lipinski definition) is 3. The van der Waals surface area contributed by atoms with Crippen LogP contribution >= 0.6 is 0 Å². The molecule has 1 rings (SSSR count). The first-order valence-electron chi connectivity index (χ1n) is 6.29. The Morgan fingerprint density at radius 3 is 2.47 bits per heavy atom. The van der Waals surface area contributed by atoms with Crippen LogP contribution < -0.4 is 10.0 Å². The molecule has 0 radical (unpaired) electrons. The highest BCUT2D eigenvalue weighted by Gasteiger charge is 2.12. The third-order valence-corrected chi connectivity index (χ3v) is 4.02. The summed E-state index contributed by atoms with van der Waals surface area (Å²) in [5.41, 5.74) is 0.859. The van der Waals surface area contributed by atoms with Gasteiger partial charge in [0.05, 0.1) is 4.90 Å². The zero-order valence-corrected chi connectivity index (χ0v) is 12.1. The second kappa shape index (κ2) is 7.17. The van der Waals surface area contributed by atoms with Crippen molar-refractivity contribution in [1.29, 1.82) is 0 Å². The molecule has 0 amide bonds. The van der Waals surface area contributed by atoms with E-state index in [4.69, 9.17) is 6.42 Å². The van der Waals surface area contributed by atoms with Crippen LogP contribution in [0.2, 0.25) is 0 Å². The normalized spacial score (nSPS) is 12.7. The van der Waals surface area contributed by atoms with Gasteiger partial charge in [-0.3, -0.25) is 0 Å². The Morgan fingerprint density at radius 1 is 1.32 bits per heavy atom. The fraction of sp³-hybridized carbons (Fsp3) is 0.429. The van der Waals surface area contributed by atoms with E-state index in [1.165, 1.54) is 0 Å². The van der Waals surface area contributed by atoms with Crippen LogP contribution in [0.4, 0.5) is 5.69 Å². The summed E-state index contributed by atoms with van der Waals surface area (Å²) in [5, 5.41) is 3.21. The fourth-order valence-electron chi connectivity index (χ4n) is 1.56. The van der Waals surface area contributed by atoms with E-state index in [9.17, 15) is 8.42 Å². The van der Waals surface area contributed by atoms with Crippen LogP contribution in [0.25, 0.3) is 0 Å². The molecule has 1 unspecified atom stereocenters. The molecule has 5 heteroatoms. The van der Waals surface area contributed by atoms with Gasteiger partial charge >= 0.3 is 0 Å². The van der Waals surface area contributed by atoms with Gasteiger partial charge < -0.3 is 5.32 Å². The minimum atomic E-state index is -3.39. The summed E-state index contributed by atoms with van der Waals surface area (Å²) in [7, 11) is -3.39. The van der Waals surface area contributed by atoms with Gasteiger partial charge in [0, 0.05) is 24.7 Å². The maximum absolute atomic E-state index is 11.9. The first-order valence-corrected chi connectivity index (χ1v) is 7.77. The molecule has 4 nitrogen and oxygen atoms in total. The SMILES string of the molecule is C#CCC(C)Nc1ccc(S(=O)(=O)NCCC)cc1. The highest BCUT2D eigenvalue weighted by atomic mass is 32.2. The Hall–Kier alpha value is -1.51. The van der Waals surface area contributed by atoms with Crippen molar-refractivity contribution in [2.75, 3.05) is 11.9 Å². The molecular weight excluding hydrogens is 260 g/mol. The molecule has 0 saturated heterocycles. The van der Waals surface area contributed by atoms with E-state index >= 15 is 0 Å². The second-order valence-corrected chi connectivity index (χ2v) is 6.14. The van der Waals surface area contributed by atoms with Crippen molar-refractivity contribution in [3.63, 3.8) is 0 Å². The Bertz CT molecular complexity index is 530. The van der Waals surface area contributed by atoms with Crippen molar-refractivity contribution in [3.8, 4) is 12.3 Å². The molecule has 0 fully saturated rings. The van der Waals surface area contributed by atoms with E-state index < -0.39 is 10.0 Å². The number of nitrogens with one attached hydrogen (secondary N) is 2. The Morgan fingerprint density at radius 2 is 1.95 bits per heavy atom. The van der Waals surface area contributed by atoms with E-state index in [2.05, 4.69) is 16.0 Å². The van der Waals surface area contributed by atoms with Gasteiger partial charge in [-0.15, -0.1) is 12.3 Å². The van der Waals surface area contributed by atoms with Crippen molar-refractivity contribution >= 4 is 15.7 Å². The first-order chi connectivity index (χ1) is 8.99. The Balaban J connectivity index is 2.74. The molecule has 1 aromatic carbocycles. The van der Waals surface area contributed by atoms with Gasteiger partial charge in [0.1, 0.15) is 0 Å². The molecule has 0 heterocycles. The van der Waals surface area contributed by atoms with Gasteiger partial charge in [-0.2, -0.15) is 0 Å². The highest BCUT2D eigenvalue weighted by Crippen LogP contribution is 2.15. The predicted molar refractivity (Wildman–Crippen MR) is 78.5 cm³/mol. The second-order valence-electron chi connectivity index (χ2n) is 4.38. The number of sulfonamides is 1. The van der Waals surface area contributed by atoms with Gasteiger partial charge in [-0.1, -0.05) is 6.92 Å². The summed E-state index contributed by atoms with van der Waals surface area (Å²) in [6.45, 7) is 4.34. The number of terminal acetylenes is 1. The van der Waals surface area contributed by atoms with Gasteiger partial charge in [0.15, 0.2) is 0 Å². The van der Waals surface area contributed by atoms with E-state index in [0.717, 1.165) is 12.1 Å². The molecule has 0 aliphatic carbocycles. The topological polar surface area (TPSA) is 58.2 Å². The molecule has 19 heavy (non-hydrogen) atoms. The van der Waals surface area contributed by atoms with Gasteiger partial charge in [0.25, 0.3) is 0 Å². The van der Waals surface area contributed by atoms with Crippen molar-refractivity contribution in [1.82, 2.24) is 4.72 Å². The fourth-order valence-corrected chi connectivity index (χ4v) is 2.70. The third-order valence-electron chi connectivity index (χ3n) is 2.54. The first kappa shape index (κ1) is 15.5. The van der Waals surface area contributed by atoms with Crippen molar-refractivity contribution < 1.29 is 8.42 Å². The van der Waals surface area contributed by atoms with Crippen LogP contribution in [-0.4, -0.2) is 21.0 Å². The smallest absolute Gasteiger partial charge is 0.240 e. The average Bonchev–Trinajstić information content (AvgIpc) is 2.37. The zero-order chi connectivity index (χ0) is 14.3. The summed E-state index contributed by atoms with van der Waals surface area (Å²) in [6.07, 6.45) is 6.62. The van der Waals surface area contributed by atoms with Crippen LogP contribution in [0, 0.1) is 12.3 Å². The van der Waals surface area contributed by atoms with Crippen molar-refractivity contribution in [2.45, 2.75) is 37.6 Å². The molecule has 104 valence electrons. The Kier molecular flexibility index (Phi) is 5.87. The minimum Gasteiger partial charge on any atom is -0.382 e. The Labute approximate surface area is 115 Å². The molecule has 0 aliphatic rings. The van der Waals surface area contributed by atoms with Gasteiger partial charge in [-0.05, 0) is 37.6 Å². The quantitative estimate of drug-likeness (QED) is 0.753. The average molecular weight is 280 g/mol. The summed E-state index contributed by atoms with van der Waals surface area (Å²) >= 11 is 0. The van der Waals surface area contributed by atoms with Crippen molar-refractivity contribution in [2.24, 2.45) is 0 Å². The molecule has 2 N–H and O–H groups in total. The molecule has 1 atom stereocenters. The van der Waals surface area contributed by atoms with Crippen molar-refractivity contribution in [3.05, 3.63) is 24.3 Å². The zero-order valence-electron chi connectivity index (χ0n) is 11.3. The largest absolute Gasteiger partial charge is 0.382 e. The molecule has 0 aliphatic heterocycles. The van der Waals surface area contributed by atoms with E-state index in [-0.39, 0.29) is 10.9 Å². The summed E-state index contributed by atoms with van der Waals surface area (Å²) in [4.78, 5) is 0.274. The number of anilines is 1. The summed E-state index contributed by atoms with van der Waals surface area (Å²) in [5.74, 6) is 2.58. The van der Waals surface area contributed by atoms with Crippen LogP contribution in [0.5, 0.6) is 0 Å². The minimum absolute atomic E-state index is 0.158. The summed E-state index contributed by atoms with van der Waals surface area (Å²) < 4.78 is 26.3. The van der Waals surface area contributed by atoms with E-state index in [1.807, 2.05) is 13.8 Å². The van der Waals surface area contributed by atoms with E-state index in [1.54, 1.807) is 24.3 Å². The highest BCUT2D eigenvalue weighted by molar-refractivity contribution is 7.89. The number of rotatable bonds is 7. The lowest BCUT2D eigenvalue weighted by Crippen LogP contribution is -2.24. The monoisotopic (exact) mass is 280 g/mol. The van der Waals surface area contributed by atoms with Crippen LogP contribution in [0.3, 0.4) is 0 Å². The van der Waals surface area contributed by atoms with Gasteiger partial charge in [0.2, 0.25) is 10.0 Å². The summed E-state index contributed by atoms with van der Waals surface area (Å²) in [6, 6.07) is 6.82. The lowest BCUT2D eigenvalue weighted by atomic mass is 10.2. The standard InChI is InChI=1S/C14H20N2O2S/c1-4-6-12(3)16-13-7-9-14(10-8-13)19(17,18)15-11-5-2/h1,7-10,12,15-16H,5-6,11H2,2-3H3. The maximum atomic E-state index is 11.9. The number of benzene rings is 1. The van der Waals surface area contributed by atoms with Crippen LogP contribution in [0.15, 0.2) is 29.2 Å². The molecule has 0 saturated carbocycles. The molecule has 0 aromatic heterocycles. The van der Waals surface area contributed by atoms with Crippen LogP contribution in [0.1, 0.15) is 26.7 Å². The lowest BCUT2D eigenvalue weighted by molar-refractivity contribution is 0.581. The van der Waals surface area contributed by atoms with Crippen LogP contribution in [-0.2, 0) is 10.0 Å². The van der Waals surface area contributed by atoms with E-state index in [0.29, 0.717) is 13.0 Å². The lowest BCUT2D eigenvalue weighted by Gasteiger charge is -2.13. The predicted octanol–water partition coefficient (Wildman–Crippen LogP) is 2.20. The number of hydrogen-bond donors (Lipinski definition) is 2. The molecule has 0 bridgehead atoms. The third kappa shape index (κ3) is 4.93. The maximum Gasteiger partial charge on any atom is 0.240 e. The molecule has 0 spiro atoms. The molecular formula is C14H20N2O2S.